The minimum absolute atomic E-state index is 0.751. The van der Waals surface area contributed by atoms with E-state index < -0.39 is 0 Å². The van der Waals surface area contributed by atoms with Gasteiger partial charge >= 0.3 is 0 Å². The topological polar surface area (TPSA) is 27.8 Å². The summed E-state index contributed by atoms with van der Waals surface area (Å²) in [6, 6.07) is 12.2. The minimum Gasteiger partial charge on any atom is -0.381 e. The monoisotopic (exact) mass is 348 g/mol. The minimum atomic E-state index is 0.751. The molecule has 0 unspecified atom stereocenters. The molecular formula is C16H14BrClN2. The molecule has 0 aliphatic heterocycles. The van der Waals surface area contributed by atoms with Crippen LogP contribution in [0.5, 0.6) is 0 Å². The van der Waals surface area contributed by atoms with Crippen LogP contribution in [0.1, 0.15) is 11.1 Å². The Morgan fingerprint density at radius 2 is 2.05 bits per heavy atom. The van der Waals surface area contributed by atoms with Gasteiger partial charge in [0.05, 0.1) is 0 Å². The van der Waals surface area contributed by atoms with Crippen LogP contribution in [-0.2, 0) is 6.54 Å². The van der Waals surface area contributed by atoms with Gasteiger partial charge < -0.3 is 10.3 Å². The van der Waals surface area contributed by atoms with Crippen LogP contribution in [0.2, 0.25) is 5.02 Å². The average Bonchev–Trinajstić information content (AvgIpc) is 2.77. The number of anilines is 1. The number of hydrogen-bond donors (Lipinski definition) is 2. The predicted octanol–water partition coefficient (Wildman–Crippen LogP) is 5.50. The molecule has 0 saturated carbocycles. The van der Waals surface area contributed by atoms with E-state index in [0.717, 1.165) is 27.2 Å². The van der Waals surface area contributed by atoms with Crippen molar-refractivity contribution in [3.05, 3.63) is 63.2 Å². The summed E-state index contributed by atoms with van der Waals surface area (Å²) in [4.78, 5) is 3.25. The summed E-state index contributed by atoms with van der Waals surface area (Å²) >= 11 is 9.51. The molecule has 0 aliphatic rings. The molecule has 0 saturated heterocycles. The van der Waals surface area contributed by atoms with Crippen LogP contribution in [0.25, 0.3) is 10.9 Å². The lowest BCUT2D eigenvalue weighted by Gasteiger charge is -2.07. The molecule has 0 bridgehead atoms. The van der Waals surface area contributed by atoms with Crippen molar-refractivity contribution in [2.45, 2.75) is 13.5 Å². The standard InChI is InChI=1S/C16H14BrClN2/c1-10-4-12(17)6-14(5-10)19-8-11-9-20-16-7-13(18)2-3-15(11)16/h2-7,9,19-20H,8H2,1H3. The quantitative estimate of drug-likeness (QED) is 0.641. The van der Waals surface area contributed by atoms with E-state index >= 15 is 0 Å². The molecule has 0 fully saturated rings. The number of H-pyrrole nitrogens is 1. The zero-order chi connectivity index (χ0) is 14.1. The molecule has 1 heterocycles. The molecule has 0 atom stereocenters. The molecule has 0 amide bonds. The number of rotatable bonds is 3. The second-order valence-corrected chi connectivity index (χ2v) is 6.23. The number of aromatic amines is 1. The predicted molar refractivity (Wildman–Crippen MR) is 89.5 cm³/mol. The van der Waals surface area contributed by atoms with Gasteiger partial charge in [0.15, 0.2) is 0 Å². The van der Waals surface area contributed by atoms with Crippen LogP contribution in [0, 0.1) is 6.92 Å². The third-order valence-electron chi connectivity index (χ3n) is 3.25. The van der Waals surface area contributed by atoms with Gasteiger partial charge in [-0.25, -0.2) is 0 Å². The first-order valence-corrected chi connectivity index (χ1v) is 7.55. The Balaban J connectivity index is 1.83. The number of fused-ring (bicyclic) bond motifs is 1. The smallest absolute Gasteiger partial charge is 0.0472 e. The largest absolute Gasteiger partial charge is 0.381 e. The molecule has 3 aromatic rings. The summed E-state index contributed by atoms with van der Waals surface area (Å²) in [5.41, 5.74) is 4.64. The Hall–Kier alpha value is -1.45. The van der Waals surface area contributed by atoms with Crippen molar-refractivity contribution in [1.82, 2.24) is 4.98 Å². The summed E-state index contributed by atoms with van der Waals surface area (Å²) < 4.78 is 1.09. The normalized spacial score (nSPS) is 10.9. The van der Waals surface area contributed by atoms with E-state index in [4.69, 9.17) is 11.6 Å². The number of nitrogens with one attached hydrogen (secondary N) is 2. The molecule has 2 aromatic carbocycles. The molecule has 102 valence electrons. The number of benzene rings is 2. The lowest BCUT2D eigenvalue weighted by molar-refractivity contribution is 1.16. The Morgan fingerprint density at radius 3 is 2.85 bits per heavy atom. The summed E-state index contributed by atoms with van der Waals surface area (Å²) in [5, 5.41) is 5.41. The lowest BCUT2D eigenvalue weighted by Crippen LogP contribution is -1.98. The van der Waals surface area contributed by atoms with E-state index in [1.807, 2.05) is 18.3 Å². The van der Waals surface area contributed by atoms with Crippen molar-refractivity contribution in [2.75, 3.05) is 5.32 Å². The van der Waals surface area contributed by atoms with E-state index in [1.165, 1.54) is 16.5 Å². The first kappa shape index (κ1) is 13.5. The SMILES string of the molecule is Cc1cc(Br)cc(NCc2c[nH]c3cc(Cl)ccc23)c1. The van der Waals surface area contributed by atoms with Gasteiger partial charge in [0.2, 0.25) is 0 Å². The first-order valence-electron chi connectivity index (χ1n) is 6.38. The van der Waals surface area contributed by atoms with Gasteiger partial charge in [0.1, 0.15) is 0 Å². The van der Waals surface area contributed by atoms with Crippen LogP contribution >= 0.6 is 27.5 Å². The van der Waals surface area contributed by atoms with Gasteiger partial charge in [-0.1, -0.05) is 33.6 Å². The van der Waals surface area contributed by atoms with Crippen molar-refractivity contribution in [3.63, 3.8) is 0 Å². The highest BCUT2D eigenvalue weighted by Crippen LogP contribution is 2.24. The van der Waals surface area contributed by atoms with Crippen LogP contribution in [0.15, 0.2) is 47.1 Å². The Morgan fingerprint density at radius 1 is 1.20 bits per heavy atom. The molecule has 20 heavy (non-hydrogen) atoms. The molecular weight excluding hydrogens is 336 g/mol. The van der Waals surface area contributed by atoms with Crippen molar-refractivity contribution >= 4 is 44.1 Å². The maximum absolute atomic E-state index is 5.99. The third-order valence-corrected chi connectivity index (χ3v) is 3.95. The second kappa shape index (κ2) is 5.51. The van der Waals surface area contributed by atoms with Gasteiger partial charge in [-0.15, -0.1) is 0 Å². The van der Waals surface area contributed by atoms with Gasteiger partial charge in [-0.3, -0.25) is 0 Å². The fourth-order valence-corrected chi connectivity index (χ4v) is 3.12. The zero-order valence-corrected chi connectivity index (χ0v) is 13.3. The maximum Gasteiger partial charge on any atom is 0.0472 e. The Labute approximate surface area is 131 Å². The molecule has 2 N–H and O–H groups in total. The maximum atomic E-state index is 5.99. The lowest BCUT2D eigenvalue weighted by atomic mass is 10.1. The third kappa shape index (κ3) is 2.84. The molecule has 0 radical (unpaired) electrons. The van der Waals surface area contributed by atoms with E-state index in [2.05, 4.69) is 57.4 Å². The Kier molecular flexibility index (Phi) is 3.72. The fraction of sp³-hybridized carbons (Fsp3) is 0.125. The molecule has 2 nitrogen and oxygen atoms in total. The number of aryl methyl sites for hydroxylation is 1. The van der Waals surface area contributed by atoms with Gasteiger partial charge in [0, 0.05) is 38.8 Å². The zero-order valence-electron chi connectivity index (χ0n) is 11.0. The van der Waals surface area contributed by atoms with Crippen molar-refractivity contribution < 1.29 is 0 Å². The molecule has 0 spiro atoms. The van der Waals surface area contributed by atoms with E-state index in [0.29, 0.717) is 0 Å². The van der Waals surface area contributed by atoms with Gasteiger partial charge in [-0.05, 0) is 48.4 Å². The van der Waals surface area contributed by atoms with Crippen molar-refractivity contribution in [2.24, 2.45) is 0 Å². The van der Waals surface area contributed by atoms with Crippen LogP contribution in [0.4, 0.5) is 5.69 Å². The Bertz CT molecular complexity index is 744. The summed E-state index contributed by atoms with van der Waals surface area (Å²) in [5.74, 6) is 0. The van der Waals surface area contributed by atoms with Crippen LogP contribution in [-0.4, -0.2) is 4.98 Å². The number of aromatic nitrogens is 1. The van der Waals surface area contributed by atoms with E-state index in [9.17, 15) is 0 Å². The van der Waals surface area contributed by atoms with Crippen LogP contribution < -0.4 is 5.32 Å². The highest BCUT2D eigenvalue weighted by Gasteiger charge is 2.04. The van der Waals surface area contributed by atoms with Crippen molar-refractivity contribution in [1.29, 1.82) is 0 Å². The number of halogens is 2. The molecule has 1 aromatic heterocycles. The number of hydrogen-bond acceptors (Lipinski definition) is 1. The van der Waals surface area contributed by atoms with Gasteiger partial charge in [0.25, 0.3) is 0 Å². The van der Waals surface area contributed by atoms with Gasteiger partial charge in [-0.2, -0.15) is 0 Å². The van der Waals surface area contributed by atoms with E-state index in [-0.39, 0.29) is 0 Å². The highest BCUT2D eigenvalue weighted by molar-refractivity contribution is 9.10. The summed E-state index contributed by atoms with van der Waals surface area (Å²) in [6.45, 7) is 2.86. The summed E-state index contributed by atoms with van der Waals surface area (Å²) in [6.07, 6.45) is 2.03. The highest BCUT2D eigenvalue weighted by atomic mass is 79.9. The van der Waals surface area contributed by atoms with E-state index in [1.54, 1.807) is 0 Å². The average molecular weight is 350 g/mol. The first-order chi connectivity index (χ1) is 9.61. The molecule has 3 rings (SSSR count). The molecule has 4 heteroatoms. The molecule has 0 aliphatic carbocycles. The van der Waals surface area contributed by atoms with Crippen molar-refractivity contribution in [3.8, 4) is 0 Å². The van der Waals surface area contributed by atoms with Crippen LogP contribution in [0.3, 0.4) is 0 Å². The summed E-state index contributed by atoms with van der Waals surface area (Å²) in [7, 11) is 0. The fourth-order valence-electron chi connectivity index (χ4n) is 2.34. The second-order valence-electron chi connectivity index (χ2n) is 4.87.